The molecule has 126 valence electrons. The first-order valence-electron chi connectivity index (χ1n) is 7.53. The van der Waals surface area contributed by atoms with Crippen LogP contribution in [0.2, 0.25) is 0 Å². The molecule has 0 spiro atoms. The monoisotopic (exact) mass is 322 g/mol. The van der Waals surface area contributed by atoms with Crippen molar-refractivity contribution in [3.63, 3.8) is 0 Å². The number of nitrogens with one attached hydrogen (secondary N) is 1. The minimum Gasteiger partial charge on any atom is -0.493 e. The molecule has 0 saturated carbocycles. The smallest absolute Gasteiger partial charge is 0.255 e. The summed E-state index contributed by atoms with van der Waals surface area (Å²) >= 11 is 0. The first-order valence-corrected chi connectivity index (χ1v) is 7.53. The largest absolute Gasteiger partial charge is 0.493 e. The van der Waals surface area contributed by atoms with Crippen LogP contribution >= 0.6 is 0 Å². The van der Waals surface area contributed by atoms with Gasteiger partial charge >= 0.3 is 0 Å². The number of primary amides is 1. The van der Waals surface area contributed by atoms with E-state index in [9.17, 15) is 9.59 Å². The number of hydrogen-bond acceptors (Lipinski definition) is 5. The zero-order chi connectivity index (χ0) is 16.8. The maximum Gasteiger partial charge on any atom is 0.255 e. The van der Waals surface area contributed by atoms with Gasteiger partial charge in [-0.1, -0.05) is 0 Å². The summed E-state index contributed by atoms with van der Waals surface area (Å²) < 4.78 is 16.0. The number of carbonyl (C=O) groups is 2. The van der Waals surface area contributed by atoms with E-state index < -0.39 is 5.91 Å². The highest BCUT2D eigenvalue weighted by Crippen LogP contribution is 2.28. The fraction of sp³-hybridized carbons (Fsp3) is 0.500. The summed E-state index contributed by atoms with van der Waals surface area (Å²) in [5, 5.41) is 2.92. The number of rotatable bonds is 7. The van der Waals surface area contributed by atoms with Crippen molar-refractivity contribution in [2.45, 2.75) is 31.9 Å². The second-order valence-electron chi connectivity index (χ2n) is 5.43. The zero-order valence-electron chi connectivity index (χ0n) is 13.3. The van der Waals surface area contributed by atoms with Gasteiger partial charge in [0.2, 0.25) is 0 Å². The number of nitrogens with two attached hydrogens (primary N) is 1. The van der Waals surface area contributed by atoms with Gasteiger partial charge in [-0.3, -0.25) is 9.59 Å². The van der Waals surface area contributed by atoms with E-state index >= 15 is 0 Å². The van der Waals surface area contributed by atoms with Crippen LogP contribution in [0, 0.1) is 0 Å². The molecule has 1 heterocycles. The lowest BCUT2D eigenvalue weighted by atomic mass is 10.1. The maximum atomic E-state index is 12.3. The molecule has 2 atom stereocenters. The van der Waals surface area contributed by atoms with Crippen LogP contribution in [0.15, 0.2) is 18.2 Å². The van der Waals surface area contributed by atoms with Crippen molar-refractivity contribution in [1.82, 2.24) is 5.32 Å². The molecular formula is C16H22N2O5. The Morgan fingerprint density at radius 3 is 2.83 bits per heavy atom. The number of methoxy groups -OCH3 is 1. The topological polar surface area (TPSA) is 99.9 Å². The van der Waals surface area contributed by atoms with E-state index in [2.05, 4.69) is 5.32 Å². The summed E-state index contributed by atoms with van der Waals surface area (Å²) in [6.45, 7) is 2.41. The minimum atomic E-state index is -0.584. The summed E-state index contributed by atoms with van der Waals surface area (Å²) in [7, 11) is 1.46. The molecule has 1 aliphatic heterocycles. The molecule has 1 aromatic carbocycles. The molecule has 0 aromatic heterocycles. The molecule has 0 aliphatic carbocycles. The van der Waals surface area contributed by atoms with Gasteiger partial charge in [0, 0.05) is 12.2 Å². The Kier molecular flexibility index (Phi) is 5.81. The molecule has 1 saturated heterocycles. The first-order chi connectivity index (χ1) is 11.0. The van der Waals surface area contributed by atoms with Crippen LogP contribution in [-0.4, -0.2) is 44.3 Å². The molecule has 1 aromatic rings. The van der Waals surface area contributed by atoms with E-state index in [1.165, 1.54) is 7.11 Å². The average molecular weight is 322 g/mol. The Balaban J connectivity index is 2.03. The van der Waals surface area contributed by atoms with Crippen LogP contribution in [0.25, 0.3) is 0 Å². The van der Waals surface area contributed by atoms with Gasteiger partial charge in [0.05, 0.1) is 19.3 Å². The Morgan fingerprint density at radius 1 is 1.43 bits per heavy atom. The van der Waals surface area contributed by atoms with E-state index in [-0.39, 0.29) is 24.7 Å². The number of carbonyl (C=O) groups excluding carboxylic acids is 2. The van der Waals surface area contributed by atoms with Crippen LogP contribution in [0.1, 0.15) is 30.1 Å². The van der Waals surface area contributed by atoms with Crippen LogP contribution in [0.3, 0.4) is 0 Å². The average Bonchev–Trinajstić information content (AvgIpc) is 3.07. The van der Waals surface area contributed by atoms with Gasteiger partial charge in [-0.2, -0.15) is 0 Å². The highest BCUT2D eigenvalue weighted by Gasteiger charge is 2.24. The van der Waals surface area contributed by atoms with E-state index in [0.717, 1.165) is 19.4 Å². The predicted octanol–water partition coefficient (Wildman–Crippen LogP) is 0.857. The second-order valence-corrected chi connectivity index (χ2v) is 5.43. The third-order valence-corrected chi connectivity index (χ3v) is 3.68. The number of amides is 2. The highest BCUT2D eigenvalue weighted by molar-refractivity contribution is 5.95. The molecule has 2 amide bonds. The van der Waals surface area contributed by atoms with E-state index in [4.69, 9.17) is 19.9 Å². The molecule has 2 rings (SSSR count). The summed E-state index contributed by atoms with van der Waals surface area (Å²) in [5.41, 5.74) is 5.49. The van der Waals surface area contributed by atoms with Crippen molar-refractivity contribution in [2.75, 3.05) is 20.3 Å². The van der Waals surface area contributed by atoms with Gasteiger partial charge in [-0.15, -0.1) is 0 Å². The molecule has 7 heteroatoms. The fourth-order valence-corrected chi connectivity index (χ4v) is 2.46. The van der Waals surface area contributed by atoms with E-state index in [1.807, 2.05) is 6.92 Å². The lowest BCUT2D eigenvalue weighted by Crippen LogP contribution is -2.40. The molecule has 1 fully saturated rings. The Morgan fingerprint density at radius 2 is 2.22 bits per heavy atom. The molecule has 23 heavy (non-hydrogen) atoms. The second kappa shape index (κ2) is 7.82. The SMILES string of the molecule is COc1cc(C(=O)N[C@H](C)[C@H]2CCCO2)ccc1OCC(N)=O. The van der Waals surface area contributed by atoms with Crippen molar-refractivity contribution < 1.29 is 23.8 Å². The van der Waals surface area contributed by atoms with Gasteiger partial charge in [0.25, 0.3) is 11.8 Å². The number of benzene rings is 1. The molecule has 7 nitrogen and oxygen atoms in total. The summed E-state index contributed by atoms with van der Waals surface area (Å²) in [4.78, 5) is 23.1. The van der Waals surface area contributed by atoms with Gasteiger partial charge < -0.3 is 25.3 Å². The van der Waals surface area contributed by atoms with Crippen LogP contribution in [-0.2, 0) is 9.53 Å². The normalized spacial score (nSPS) is 18.3. The van der Waals surface area contributed by atoms with Crippen molar-refractivity contribution in [1.29, 1.82) is 0 Å². The molecule has 1 aliphatic rings. The molecule has 0 bridgehead atoms. The van der Waals surface area contributed by atoms with Crippen molar-refractivity contribution in [2.24, 2.45) is 5.73 Å². The lowest BCUT2D eigenvalue weighted by Gasteiger charge is -2.20. The van der Waals surface area contributed by atoms with Gasteiger partial charge in [-0.05, 0) is 38.0 Å². The zero-order valence-corrected chi connectivity index (χ0v) is 13.3. The third-order valence-electron chi connectivity index (χ3n) is 3.68. The van der Waals surface area contributed by atoms with Gasteiger partial charge in [-0.25, -0.2) is 0 Å². The van der Waals surface area contributed by atoms with Gasteiger partial charge in [0.15, 0.2) is 18.1 Å². The van der Waals surface area contributed by atoms with Crippen LogP contribution in [0.4, 0.5) is 0 Å². The minimum absolute atomic E-state index is 0.0546. The summed E-state index contributed by atoms with van der Waals surface area (Å²) in [6, 6.07) is 4.68. The Bertz CT molecular complexity index is 570. The predicted molar refractivity (Wildman–Crippen MR) is 83.6 cm³/mol. The van der Waals surface area contributed by atoms with Crippen molar-refractivity contribution in [3.8, 4) is 11.5 Å². The van der Waals surface area contributed by atoms with Gasteiger partial charge in [0.1, 0.15) is 0 Å². The van der Waals surface area contributed by atoms with Crippen LogP contribution < -0.4 is 20.5 Å². The highest BCUT2D eigenvalue weighted by atomic mass is 16.5. The first kappa shape index (κ1) is 17.1. The Hall–Kier alpha value is -2.28. The fourth-order valence-electron chi connectivity index (χ4n) is 2.46. The molecular weight excluding hydrogens is 300 g/mol. The van der Waals surface area contributed by atoms with Crippen LogP contribution in [0.5, 0.6) is 11.5 Å². The Labute approximate surface area is 135 Å². The summed E-state index contributed by atoms with van der Waals surface area (Å²) in [5.74, 6) is -0.0780. The quantitative estimate of drug-likeness (QED) is 0.775. The van der Waals surface area contributed by atoms with Crippen molar-refractivity contribution in [3.05, 3.63) is 23.8 Å². The van der Waals surface area contributed by atoms with Crippen molar-refractivity contribution >= 4 is 11.8 Å². The van der Waals surface area contributed by atoms with E-state index in [0.29, 0.717) is 17.1 Å². The lowest BCUT2D eigenvalue weighted by molar-refractivity contribution is -0.119. The third kappa shape index (κ3) is 4.59. The number of hydrogen-bond donors (Lipinski definition) is 2. The molecule has 3 N–H and O–H groups in total. The molecule has 0 unspecified atom stereocenters. The van der Waals surface area contributed by atoms with E-state index in [1.54, 1.807) is 18.2 Å². The standard InChI is InChI=1S/C16H22N2O5/c1-10(12-4-3-7-22-12)18-16(20)11-5-6-13(14(8-11)21-2)23-9-15(17)19/h5-6,8,10,12H,3-4,7,9H2,1-2H3,(H2,17,19)(H,18,20)/t10-,12-/m1/s1. The molecule has 0 radical (unpaired) electrons. The maximum absolute atomic E-state index is 12.3. The summed E-state index contributed by atoms with van der Waals surface area (Å²) in [6.07, 6.45) is 2.02. The number of ether oxygens (including phenoxy) is 3.